The monoisotopic (exact) mass is 1070 g/mol. The molecule has 0 radical (unpaired) electrons. The van der Waals surface area contributed by atoms with Crippen molar-refractivity contribution in [3.63, 3.8) is 0 Å². The Hall–Kier alpha value is -5.24. The molecular weight excluding hydrogens is 1010 g/mol. The first kappa shape index (κ1) is 53.6. The molecule has 71 heavy (non-hydrogen) atoms. The van der Waals surface area contributed by atoms with Crippen LogP contribution in [-0.2, 0) is 33.1 Å². The topological polar surface area (TPSA) is 262 Å². The number of hydrogen-bond donors (Lipinski definition) is 4. The number of azo groups is 2. The lowest BCUT2D eigenvalue weighted by Crippen LogP contribution is -2.26. The standard InChI is InChI=1S/C47H59N11O8S5/c1-10-15-20-67-45-51-43(48-33-21-27(57(11-2)12-3)16-18-31(33)53-55-41-39(70(61,62)63)29-23-46(6,7)25-35(59)37(29)68-41)50-44(52-45)49-34-22-28(58(13-4)14-5)17-19-32(34)54-56-42-40(71(64,65)66)30-24-47(8,9)26-36(60)38(30)69-42/h16-19,21-22H,10-15,20,23-26H2,1-9H3,(H,61,62,63)(H,64,65,66)(H2,48,49,50,51,52)/b55-53+,56-54+. The lowest BCUT2D eigenvalue weighted by molar-refractivity contribution is 0.0907. The van der Waals surface area contributed by atoms with Gasteiger partial charge in [0, 0.05) is 56.1 Å². The first-order valence-electron chi connectivity index (χ1n) is 23.3. The summed E-state index contributed by atoms with van der Waals surface area (Å²) in [6.07, 6.45) is 2.76. The first-order valence-corrected chi connectivity index (χ1v) is 28.8. The molecule has 2 aliphatic carbocycles. The number of Topliss-reactive ketones (excluding diaryl/α,β-unsaturated/α-hetero) is 2. The molecule has 3 aromatic heterocycles. The Morgan fingerprint density at radius 1 is 0.634 bits per heavy atom. The predicted molar refractivity (Wildman–Crippen MR) is 282 cm³/mol. The number of rotatable bonds is 20. The fourth-order valence-corrected chi connectivity index (χ4v) is 14.1. The van der Waals surface area contributed by atoms with E-state index in [0.717, 1.165) is 46.9 Å². The zero-order valence-corrected chi connectivity index (χ0v) is 45.2. The van der Waals surface area contributed by atoms with E-state index in [1.54, 1.807) is 12.1 Å². The van der Waals surface area contributed by atoms with E-state index in [0.29, 0.717) is 48.5 Å². The number of hydrogen-bond acceptors (Lipinski definition) is 20. The van der Waals surface area contributed by atoms with E-state index < -0.39 is 40.9 Å². The van der Waals surface area contributed by atoms with E-state index in [1.165, 1.54) is 11.8 Å². The zero-order valence-electron chi connectivity index (χ0n) is 41.2. The molecule has 0 fully saturated rings. The van der Waals surface area contributed by atoms with Gasteiger partial charge in [-0.15, -0.1) is 43.1 Å². The van der Waals surface area contributed by atoms with Crippen molar-refractivity contribution in [3.05, 3.63) is 57.3 Å². The number of carbonyl (C=O) groups excluding carboxylic acids is 2. The van der Waals surface area contributed by atoms with Gasteiger partial charge in [-0.25, -0.2) is 0 Å². The van der Waals surface area contributed by atoms with Crippen LogP contribution >= 0.6 is 34.4 Å². The highest BCUT2D eigenvalue weighted by Gasteiger charge is 2.40. The van der Waals surface area contributed by atoms with Crippen LogP contribution in [0, 0.1) is 10.8 Å². The highest BCUT2D eigenvalue weighted by molar-refractivity contribution is 7.99. The Bertz CT molecular complexity index is 2940. The van der Waals surface area contributed by atoms with Gasteiger partial charge in [-0.2, -0.15) is 31.8 Å². The summed E-state index contributed by atoms with van der Waals surface area (Å²) < 4.78 is 72.3. The Balaban J connectivity index is 1.32. The van der Waals surface area contributed by atoms with Crippen LogP contribution < -0.4 is 20.4 Å². The maximum absolute atomic E-state index is 13.2. The van der Waals surface area contributed by atoms with E-state index in [9.17, 15) is 35.5 Å². The van der Waals surface area contributed by atoms with Crippen molar-refractivity contribution in [1.82, 2.24) is 15.0 Å². The average molecular weight is 1070 g/mol. The third-order valence-corrected chi connectivity index (χ3v) is 17.5. The zero-order chi connectivity index (χ0) is 51.6. The maximum Gasteiger partial charge on any atom is 0.297 e. The second-order valence-corrected chi connectivity index (χ2v) is 24.6. The van der Waals surface area contributed by atoms with Crippen LogP contribution in [0.3, 0.4) is 0 Å². The van der Waals surface area contributed by atoms with Crippen molar-refractivity contribution in [3.8, 4) is 0 Å². The van der Waals surface area contributed by atoms with Crippen molar-refractivity contribution in [1.29, 1.82) is 0 Å². The summed E-state index contributed by atoms with van der Waals surface area (Å²) in [4.78, 5) is 44.6. The molecule has 0 spiro atoms. The van der Waals surface area contributed by atoms with Crippen LogP contribution in [0.4, 0.5) is 56.0 Å². The Morgan fingerprint density at radius 3 is 1.41 bits per heavy atom. The Labute approximate surface area is 427 Å². The lowest BCUT2D eigenvalue weighted by atomic mass is 9.76. The molecule has 7 rings (SSSR count). The largest absolute Gasteiger partial charge is 0.372 e. The minimum atomic E-state index is -4.80. The number of anilines is 6. The predicted octanol–water partition coefficient (Wildman–Crippen LogP) is 12.7. The fraction of sp³-hybridized carbons (Fsp3) is 0.468. The third-order valence-electron chi connectivity index (χ3n) is 12.0. The van der Waals surface area contributed by atoms with Gasteiger partial charge in [0.2, 0.25) is 11.9 Å². The molecule has 0 saturated heterocycles. The van der Waals surface area contributed by atoms with Gasteiger partial charge in [-0.1, -0.05) is 52.8 Å². The van der Waals surface area contributed by atoms with Crippen LogP contribution in [0.2, 0.25) is 0 Å². The third kappa shape index (κ3) is 12.3. The summed E-state index contributed by atoms with van der Waals surface area (Å²) in [6.45, 7) is 20.4. The van der Waals surface area contributed by atoms with E-state index in [2.05, 4.69) is 47.8 Å². The molecule has 2 aliphatic rings. The van der Waals surface area contributed by atoms with Gasteiger partial charge in [0.1, 0.15) is 21.2 Å². The molecule has 0 bridgehead atoms. The van der Waals surface area contributed by atoms with Gasteiger partial charge in [-0.05, 0) is 105 Å². The molecule has 24 heteroatoms. The molecule has 19 nitrogen and oxygen atoms in total. The number of nitrogens with zero attached hydrogens (tertiary/aromatic N) is 9. The van der Waals surface area contributed by atoms with Gasteiger partial charge in [0.15, 0.2) is 26.7 Å². The number of thioether (sulfide) groups is 1. The molecule has 0 saturated carbocycles. The summed E-state index contributed by atoms with van der Waals surface area (Å²) in [5, 5.41) is 24.5. The molecule has 0 aliphatic heterocycles. The summed E-state index contributed by atoms with van der Waals surface area (Å²) in [5.41, 5.74) is 2.44. The number of ketones is 2. The minimum absolute atomic E-state index is 0.116. The van der Waals surface area contributed by atoms with Crippen LogP contribution in [-0.4, -0.2) is 84.4 Å². The fourth-order valence-electron chi connectivity index (χ4n) is 8.69. The van der Waals surface area contributed by atoms with Crippen LogP contribution in [0.15, 0.2) is 71.8 Å². The van der Waals surface area contributed by atoms with Crippen molar-refractivity contribution in [2.45, 2.75) is 116 Å². The van der Waals surface area contributed by atoms with Crippen molar-refractivity contribution < 1.29 is 35.5 Å². The molecule has 0 atom stereocenters. The van der Waals surface area contributed by atoms with Gasteiger partial charge >= 0.3 is 0 Å². The van der Waals surface area contributed by atoms with Crippen LogP contribution in [0.5, 0.6) is 0 Å². The minimum Gasteiger partial charge on any atom is -0.372 e. The molecule has 2 aromatic carbocycles. The Kier molecular flexibility index (Phi) is 16.2. The number of benzene rings is 2. The number of carbonyl (C=O) groups is 2. The molecular formula is C47H59N11O8S5. The molecule has 3 heterocycles. The number of nitrogens with one attached hydrogen (secondary N) is 2. The normalized spacial score (nSPS) is 15.6. The summed E-state index contributed by atoms with van der Waals surface area (Å²) >= 11 is 3.19. The molecule has 0 unspecified atom stereocenters. The maximum atomic E-state index is 13.2. The quantitative estimate of drug-likeness (QED) is 0.0244. The number of fused-ring (bicyclic) bond motifs is 2. The number of aromatic nitrogens is 3. The second-order valence-electron chi connectivity index (χ2n) is 18.8. The van der Waals surface area contributed by atoms with Gasteiger partial charge in [0.25, 0.3) is 20.2 Å². The molecule has 380 valence electrons. The van der Waals surface area contributed by atoms with Gasteiger partial charge in [-0.3, -0.25) is 18.7 Å². The first-order chi connectivity index (χ1) is 33.5. The molecule has 5 aromatic rings. The van der Waals surface area contributed by atoms with Crippen molar-refractivity contribution >= 4 is 122 Å². The van der Waals surface area contributed by atoms with E-state index in [-0.39, 0.29) is 91.4 Å². The molecule has 4 N–H and O–H groups in total. The van der Waals surface area contributed by atoms with Crippen molar-refractivity contribution in [2.24, 2.45) is 31.3 Å². The Morgan fingerprint density at radius 2 is 1.04 bits per heavy atom. The lowest BCUT2D eigenvalue weighted by Gasteiger charge is -2.28. The van der Waals surface area contributed by atoms with Gasteiger partial charge < -0.3 is 20.4 Å². The van der Waals surface area contributed by atoms with E-state index in [4.69, 9.17) is 15.0 Å². The van der Waals surface area contributed by atoms with Gasteiger partial charge in [0.05, 0.1) is 21.1 Å². The summed E-state index contributed by atoms with van der Waals surface area (Å²) in [7, 11) is -9.60. The number of unbranched alkanes of at least 4 members (excludes halogenated alkanes) is 1. The summed E-state index contributed by atoms with van der Waals surface area (Å²) in [5.74, 6) is 0.480. The van der Waals surface area contributed by atoms with E-state index in [1.807, 2.05) is 79.7 Å². The highest BCUT2D eigenvalue weighted by Crippen LogP contribution is 2.49. The van der Waals surface area contributed by atoms with Crippen LogP contribution in [0.25, 0.3) is 0 Å². The molecule has 0 amide bonds. The summed E-state index contributed by atoms with van der Waals surface area (Å²) in [6, 6.07) is 10.8. The smallest absolute Gasteiger partial charge is 0.297 e. The number of thiophene rings is 2. The second kappa shape index (κ2) is 21.5. The van der Waals surface area contributed by atoms with Crippen LogP contribution in [0.1, 0.15) is 118 Å². The highest BCUT2D eigenvalue weighted by atomic mass is 32.2. The average Bonchev–Trinajstić information content (AvgIpc) is 3.85. The SMILES string of the molecule is CCCCSc1nc(Nc2cc(N(CC)CC)ccc2/N=N/c2sc3c(c2S(=O)(=O)O)CC(C)(C)CC3=O)nc(Nc2cc(N(CC)CC)ccc2/N=N/c2sc3c(c2S(=O)(=O)O)CC(C)(C)CC3=O)n1. The van der Waals surface area contributed by atoms with E-state index >= 15 is 0 Å². The van der Waals surface area contributed by atoms with Crippen molar-refractivity contribution in [2.75, 3.05) is 52.4 Å².